The van der Waals surface area contributed by atoms with Crippen molar-refractivity contribution in [1.82, 2.24) is 4.90 Å². The molecule has 0 aliphatic carbocycles. The molecular formula is C25H23NO2. The van der Waals surface area contributed by atoms with Crippen molar-refractivity contribution in [3.63, 3.8) is 0 Å². The lowest BCUT2D eigenvalue weighted by molar-refractivity contribution is -0.143. The van der Waals surface area contributed by atoms with Gasteiger partial charge < -0.3 is 5.11 Å². The highest BCUT2D eigenvalue weighted by atomic mass is 16.4. The summed E-state index contributed by atoms with van der Waals surface area (Å²) in [5.74, 6) is -0.805. The van der Waals surface area contributed by atoms with Crippen LogP contribution in [0.3, 0.4) is 0 Å². The normalized spacial score (nSPS) is 12.5. The van der Waals surface area contributed by atoms with Crippen molar-refractivity contribution in [2.75, 3.05) is 0 Å². The van der Waals surface area contributed by atoms with Crippen LogP contribution < -0.4 is 0 Å². The molecule has 3 heteroatoms. The summed E-state index contributed by atoms with van der Waals surface area (Å²) in [6.07, 6.45) is 0. The Kier molecular flexibility index (Phi) is 5.09. The van der Waals surface area contributed by atoms with Crippen LogP contribution in [0.1, 0.15) is 18.1 Å². The molecule has 0 aliphatic heterocycles. The lowest BCUT2D eigenvalue weighted by atomic mass is 10.0. The Morgan fingerprint density at radius 3 is 1.64 bits per heavy atom. The molecule has 1 atom stereocenters. The molecule has 0 saturated heterocycles. The SMILES string of the molecule is CC(C(=O)O)N(Cc1cccc2ccccc12)Cc1cccc2ccccc12. The van der Waals surface area contributed by atoms with Crippen LogP contribution in [0.15, 0.2) is 84.9 Å². The van der Waals surface area contributed by atoms with Gasteiger partial charge in [-0.05, 0) is 39.6 Å². The average molecular weight is 369 g/mol. The Labute approximate surface area is 164 Å². The van der Waals surface area contributed by atoms with E-state index < -0.39 is 12.0 Å². The second-order valence-electron chi connectivity index (χ2n) is 7.20. The zero-order valence-electron chi connectivity index (χ0n) is 15.9. The van der Waals surface area contributed by atoms with Gasteiger partial charge in [-0.1, -0.05) is 84.9 Å². The lowest BCUT2D eigenvalue weighted by Crippen LogP contribution is -2.38. The molecule has 0 radical (unpaired) electrons. The molecule has 4 rings (SSSR count). The minimum absolute atomic E-state index is 0.581. The first-order valence-corrected chi connectivity index (χ1v) is 9.53. The summed E-state index contributed by atoms with van der Waals surface area (Å²) in [7, 11) is 0. The Bertz CT molecular complexity index is 1040. The summed E-state index contributed by atoms with van der Waals surface area (Å²) < 4.78 is 0. The fourth-order valence-corrected chi connectivity index (χ4v) is 3.78. The number of carboxylic acids is 1. The summed E-state index contributed by atoms with van der Waals surface area (Å²) in [6, 6.07) is 28.4. The highest BCUT2D eigenvalue weighted by molar-refractivity contribution is 5.86. The number of rotatable bonds is 6. The van der Waals surface area contributed by atoms with Crippen molar-refractivity contribution in [1.29, 1.82) is 0 Å². The second-order valence-corrected chi connectivity index (χ2v) is 7.20. The molecule has 0 spiro atoms. The summed E-state index contributed by atoms with van der Waals surface area (Å²) in [5, 5.41) is 14.4. The van der Waals surface area contributed by atoms with Crippen molar-refractivity contribution >= 4 is 27.5 Å². The molecule has 28 heavy (non-hydrogen) atoms. The van der Waals surface area contributed by atoms with Gasteiger partial charge >= 0.3 is 5.97 Å². The zero-order valence-corrected chi connectivity index (χ0v) is 15.9. The average Bonchev–Trinajstić information content (AvgIpc) is 2.73. The molecular weight excluding hydrogens is 346 g/mol. The van der Waals surface area contributed by atoms with E-state index >= 15 is 0 Å². The van der Waals surface area contributed by atoms with E-state index in [0.717, 1.165) is 11.1 Å². The number of nitrogens with zero attached hydrogens (tertiary/aromatic N) is 1. The van der Waals surface area contributed by atoms with Gasteiger partial charge in [0, 0.05) is 13.1 Å². The van der Waals surface area contributed by atoms with Crippen LogP contribution in [-0.4, -0.2) is 22.0 Å². The van der Waals surface area contributed by atoms with Crippen molar-refractivity contribution in [2.24, 2.45) is 0 Å². The number of aliphatic carboxylic acids is 1. The molecule has 0 aromatic heterocycles. The third-order valence-electron chi connectivity index (χ3n) is 5.41. The van der Waals surface area contributed by atoms with E-state index in [-0.39, 0.29) is 0 Å². The smallest absolute Gasteiger partial charge is 0.320 e. The third kappa shape index (κ3) is 3.62. The summed E-state index contributed by atoms with van der Waals surface area (Å²) in [6.45, 7) is 2.93. The third-order valence-corrected chi connectivity index (χ3v) is 5.41. The minimum Gasteiger partial charge on any atom is -0.480 e. The predicted molar refractivity (Wildman–Crippen MR) is 114 cm³/mol. The van der Waals surface area contributed by atoms with E-state index in [1.54, 1.807) is 6.92 Å². The molecule has 0 fully saturated rings. The number of hydrogen-bond donors (Lipinski definition) is 1. The van der Waals surface area contributed by atoms with Gasteiger partial charge in [0.2, 0.25) is 0 Å². The molecule has 0 aliphatic rings. The Balaban J connectivity index is 1.72. The van der Waals surface area contributed by atoms with Gasteiger partial charge in [-0.25, -0.2) is 0 Å². The first-order valence-electron chi connectivity index (χ1n) is 9.53. The van der Waals surface area contributed by atoms with Gasteiger partial charge in [-0.3, -0.25) is 9.69 Å². The maximum atomic E-state index is 11.8. The van der Waals surface area contributed by atoms with Gasteiger partial charge in [0.25, 0.3) is 0 Å². The largest absolute Gasteiger partial charge is 0.480 e. The van der Waals surface area contributed by atoms with E-state index in [4.69, 9.17) is 0 Å². The highest BCUT2D eigenvalue weighted by Gasteiger charge is 2.22. The van der Waals surface area contributed by atoms with Gasteiger partial charge in [-0.2, -0.15) is 0 Å². The maximum Gasteiger partial charge on any atom is 0.320 e. The predicted octanol–water partition coefficient (Wildman–Crippen LogP) is 5.47. The zero-order chi connectivity index (χ0) is 19.5. The molecule has 0 saturated carbocycles. The monoisotopic (exact) mass is 369 g/mol. The topological polar surface area (TPSA) is 40.5 Å². The van der Waals surface area contributed by atoms with E-state index in [2.05, 4.69) is 48.5 Å². The fourth-order valence-electron chi connectivity index (χ4n) is 3.78. The number of hydrogen-bond acceptors (Lipinski definition) is 2. The van der Waals surface area contributed by atoms with E-state index in [1.807, 2.05) is 41.3 Å². The molecule has 4 aromatic carbocycles. The molecule has 140 valence electrons. The number of carboxylic acid groups (broad SMARTS) is 1. The lowest BCUT2D eigenvalue weighted by Gasteiger charge is -2.27. The molecule has 0 heterocycles. The van der Waals surface area contributed by atoms with Crippen LogP contribution in [0.2, 0.25) is 0 Å². The van der Waals surface area contributed by atoms with Gasteiger partial charge in [0.05, 0.1) is 0 Å². The molecule has 0 amide bonds. The number of fused-ring (bicyclic) bond motifs is 2. The van der Waals surface area contributed by atoms with Gasteiger partial charge in [0.15, 0.2) is 0 Å². The van der Waals surface area contributed by atoms with E-state index in [9.17, 15) is 9.90 Å². The van der Waals surface area contributed by atoms with Crippen LogP contribution in [0.4, 0.5) is 0 Å². The van der Waals surface area contributed by atoms with Crippen LogP contribution in [0.25, 0.3) is 21.5 Å². The van der Waals surface area contributed by atoms with Gasteiger partial charge in [-0.15, -0.1) is 0 Å². The molecule has 0 bridgehead atoms. The van der Waals surface area contributed by atoms with Crippen LogP contribution >= 0.6 is 0 Å². The Morgan fingerprint density at radius 2 is 1.18 bits per heavy atom. The van der Waals surface area contributed by atoms with Crippen molar-refractivity contribution < 1.29 is 9.90 Å². The summed E-state index contributed by atoms with van der Waals surface area (Å²) in [4.78, 5) is 13.8. The quantitative estimate of drug-likeness (QED) is 0.490. The van der Waals surface area contributed by atoms with Gasteiger partial charge in [0.1, 0.15) is 6.04 Å². The minimum atomic E-state index is -0.805. The summed E-state index contributed by atoms with van der Waals surface area (Å²) in [5.41, 5.74) is 2.29. The van der Waals surface area contributed by atoms with Crippen molar-refractivity contribution in [3.8, 4) is 0 Å². The highest BCUT2D eigenvalue weighted by Crippen LogP contribution is 2.25. The van der Waals surface area contributed by atoms with Crippen LogP contribution in [0, 0.1) is 0 Å². The first-order chi connectivity index (χ1) is 13.6. The van der Waals surface area contributed by atoms with Crippen molar-refractivity contribution in [2.45, 2.75) is 26.1 Å². The number of carbonyl (C=O) groups is 1. The van der Waals surface area contributed by atoms with Crippen LogP contribution in [-0.2, 0) is 17.9 Å². The molecule has 1 unspecified atom stereocenters. The first kappa shape index (κ1) is 18.2. The number of benzene rings is 4. The fraction of sp³-hybridized carbons (Fsp3) is 0.160. The molecule has 3 nitrogen and oxygen atoms in total. The molecule has 4 aromatic rings. The molecule has 1 N–H and O–H groups in total. The summed E-state index contributed by atoms with van der Waals surface area (Å²) >= 11 is 0. The maximum absolute atomic E-state index is 11.8. The second kappa shape index (κ2) is 7.83. The van der Waals surface area contributed by atoms with E-state index in [0.29, 0.717) is 13.1 Å². The van der Waals surface area contributed by atoms with Crippen LogP contribution in [0.5, 0.6) is 0 Å². The standard InChI is InChI=1S/C25H23NO2/c1-18(25(27)28)26(16-21-12-6-10-19-8-2-4-14-23(19)21)17-22-13-7-11-20-9-3-5-15-24(20)22/h2-15,18H,16-17H2,1H3,(H,27,28). The van der Waals surface area contributed by atoms with E-state index in [1.165, 1.54) is 21.5 Å². The van der Waals surface area contributed by atoms with Crippen molar-refractivity contribution in [3.05, 3.63) is 96.1 Å². The Morgan fingerprint density at radius 1 is 0.750 bits per heavy atom. The Hall–Kier alpha value is -3.17.